The van der Waals surface area contributed by atoms with Gasteiger partial charge in [0.2, 0.25) is 3.79 Å². The molecule has 1 amide bonds. The Bertz CT molecular complexity index is 4000. The summed E-state index contributed by atoms with van der Waals surface area (Å²) in [7, 11) is -3.55. The lowest BCUT2D eigenvalue weighted by atomic mass is 9.96. The third kappa shape index (κ3) is 20.8. The van der Waals surface area contributed by atoms with Gasteiger partial charge >= 0.3 is 41.9 Å². The summed E-state index contributed by atoms with van der Waals surface area (Å²) in [5.74, 6) is -5.48. The molecular formula is C79H78Cl3NO19Si. The minimum atomic E-state index is -3.55. The maximum atomic E-state index is 14.9. The molecule has 0 aromatic heterocycles. The van der Waals surface area contributed by atoms with E-state index in [1.54, 1.807) is 121 Å². The summed E-state index contributed by atoms with van der Waals surface area (Å²) in [5, 5.41) is 3.73. The monoisotopic (exact) mass is 1480 g/mol. The lowest BCUT2D eigenvalue weighted by Crippen LogP contribution is -2.69. The molecule has 0 radical (unpaired) electrons. The van der Waals surface area contributed by atoms with E-state index < -0.39 is 134 Å². The molecule has 8 aromatic rings. The average Bonchev–Trinajstić information content (AvgIpc) is 1.48. The maximum absolute atomic E-state index is 14.9. The lowest BCUT2D eigenvalue weighted by Gasteiger charge is -2.48. The van der Waals surface area contributed by atoms with E-state index in [-0.39, 0.29) is 53.1 Å². The van der Waals surface area contributed by atoms with Crippen LogP contribution in [0.1, 0.15) is 109 Å². The standard InChI is InChI=1S/C79H78Cl3NO19Si/c1-78(2,3)103(59-44-26-12-27-45-59,60-46-28-13-29-47-60)94-51-62-64(98-70(85)54-34-16-7-17-35-54)66(100-72(87)56-38-20-9-21-39-56)68(102-74(89)58-42-24-11-25-43-58)76(96-62)92-50-61-63(97-69(84)53-32-14-6-15-33-53)65(99-71(86)55-36-18-8-19-37-55)67(101-73(88)57-40-22-10-23-41-57)75(95-61)91-49-31-5-4-30-48-83-77(90)93-52-79(80,81)82/h6-29,32-47,61-68,75-76H,4-5,30-31,48-52H2,1-3H3,(H,83,90)/t61-,62-,63+,64+,65+,66+,67-,68-,75-,76-/m1/s1. The van der Waals surface area contributed by atoms with Crippen LogP contribution >= 0.6 is 34.8 Å². The van der Waals surface area contributed by atoms with Gasteiger partial charge in [-0.2, -0.15) is 0 Å². The van der Waals surface area contributed by atoms with E-state index in [1.807, 2.05) is 60.7 Å². The van der Waals surface area contributed by atoms with Gasteiger partial charge in [-0.05, 0) is 101 Å². The van der Waals surface area contributed by atoms with Gasteiger partial charge in [0.25, 0.3) is 8.32 Å². The Morgan fingerprint density at radius 2 is 0.680 bits per heavy atom. The third-order valence-electron chi connectivity index (χ3n) is 17.0. The number of esters is 6. The molecule has 2 fully saturated rings. The van der Waals surface area contributed by atoms with Crippen LogP contribution in [0.4, 0.5) is 4.79 Å². The summed E-state index contributed by atoms with van der Waals surface area (Å²) >= 11 is 17.2. The molecule has 2 heterocycles. The predicted octanol–water partition coefficient (Wildman–Crippen LogP) is 13.1. The Labute approximate surface area is 613 Å². The average molecular weight is 1480 g/mol. The summed E-state index contributed by atoms with van der Waals surface area (Å²) in [6.45, 7) is 4.79. The van der Waals surface area contributed by atoms with Crippen LogP contribution in [0.15, 0.2) is 243 Å². The van der Waals surface area contributed by atoms with Crippen molar-refractivity contribution in [2.75, 3.05) is 33.0 Å². The first-order chi connectivity index (χ1) is 49.8. The highest BCUT2D eigenvalue weighted by Gasteiger charge is 2.58. The van der Waals surface area contributed by atoms with Crippen molar-refractivity contribution in [1.29, 1.82) is 0 Å². The highest BCUT2D eigenvalue weighted by Crippen LogP contribution is 2.40. The zero-order chi connectivity index (χ0) is 72.8. The van der Waals surface area contributed by atoms with Crippen LogP contribution < -0.4 is 15.7 Å². The lowest BCUT2D eigenvalue weighted by molar-refractivity contribution is -0.328. The molecule has 538 valence electrons. The van der Waals surface area contributed by atoms with Crippen LogP contribution in [0.2, 0.25) is 5.04 Å². The van der Waals surface area contributed by atoms with Crippen LogP contribution in [0, 0.1) is 0 Å². The molecular weight excluding hydrogens is 1400 g/mol. The number of hydrogen-bond donors (Lipinski definition) is 1. The molecule has 0 spiro atoms. The van der Waals surface area contributed by atoms with Gasteiger partial charge in [0.05, 0.1) is 46.6 Å². The first kappa shape index (κ1) is 76.4. The van der Waals surface area contributed by atoms with Gasteiger partial charge in [-0.3, -0.25) is 0 Å². The third-order valence-corrected chi connectivity index (χ3v) is 22.3. The van der Waals surface area contributed by atoms with Gasteiger partial charge in [0.1, 0.15) is 18.8 Å². The van der Waals surface area contributed by atoms with E-state index in [0.717, 1.165) is 10.4 Å². The molecule has 20 nitrogen and oxygen atoms in total. The molecule has 0 bridgehead atoms. The molecule has 24 heteroatoms. The fourth-order valence-corrected chi connectivity index (χ4v) is 16.8. The van der Waals surface area contributed by atoms with Crippen LogP contribution in [-0.2, 0) is 56.5 Å². The number of unbranched alkanes of at least 4 members (excludes halogenated alkanes) is 3. The van der Waals surface area contributed by atoms with Gasteiger partial charge in [0, 0.05) is 13.2 Å². The van der Waals surface area contributed by atoms with Crippen molar-refractivity contribution in [1.82, 2.24) is 5.32 Å². The summed E-state index contributed by atoms with van der Waals surface area (Å²) in [6.07, 6.45) is -15.9. The number of rotatable bonds is 29. The number of alkyl halides is 3. The first-order valence-electron chi connectivity index (χ1n) is 33.6. The van der Waals surface area contributed by atoms with Crippen molar-refractivity contribution in [3.8, 4) is 0 Å². The van der Waals surface area contributed by atoms with E-state index in [0.29, 0.717) is 25.7 Å². The second-order valence-electron chi connectivity index (χ2n) is 25.2. The fourth-order valence-electron chi connectivity index (χ4n) is 12.0. The van der Waals surface area contributed by atoms with Gasteiger partial charge in [-0.25, -0.2) is 33.6 Å². The number of amides is 1. The second-order valence-corrected chi connectivity index (χ2v) is 32.0. The number of benzene rings is 8. The predicted molar refractivity (Wildman–Crippen MR) is 385 cm³/mol. The number of halogens is 3. The van der Waals surface area contributed by atoms with Gasteiger partial charge in [-0.1, -0.05) is 238 Å². The van der Waals surface area contributed by atoms with E-state index in [9.17, 15) is 33.6 Å². The molecule has 103 heavy (non-hydrogen) atoms. The highest BCUT2D eigenvalue weighted by molar-refractivity contribution is 6.99. The summed E-state index contributed by atoms with van der Waals surface area (Å²) < 4.78 is 77.3. The van der Waals surface area contributed by atoms with Crippen molar-refractivity contribution in [3.63, 3.8) is 0 Å². The Balaban J connectivity index is 1.08. The van der Waals surface area contributed by atoms with Crippen LogP contribution in [0.5, 0.6) is 0 Å². The molecule has 2 aliphatic rings. The first-order valence-corrected chi connectivity index (χ1v) is 36.6. The summed E-state index contributed by atoms with van der Waals surface area (Å²) in [5.41, 5.74) is 0.469. The summed E-state index contributed by atoms with van der Waals surface area (Å²) in [4.78, 5) is 101. The van der Waals surface area contributed by atoms with Gasteiger partial charge < -0.3 is 61.8 Å². The zero-order valence-electron chi connectivity index (χ0n) is 56.6. The van der Waals surface area contributed by atoms with Crippen LogP contribution in [0.25, 0.3) is 0 Å². The Kier molecular flexibility index (Phi) is 27.2. The van der Waals surface area contributed by atoms with Crippen molar-refractivity contribution >= 4 is 95.4 Å². The molecule has 2 saturated heterocycles. The van der Waals surface area contributed by atoms with Crippen molar-refractivity contribution in [2.45, 2.75) is 117 Å². The van der Waals surface area contributed by atoms with E-state index in [2.05, 4.69) is 26.1 Å². The molecule has 8 aromatic carbocycles. The quantitative estimate of drug-likeness (QED) is 0.0151. The zero-order valence-corrected chi connectivity index (χ0v) is 59.9. The van der Waals surface area contributed by atoms with Crippen LogP contribution in [-0.4, -0.2) is 148 Å². The smallest absolute Gasteiger partial charge is 0.407 e. The summed E-state index contributed by atoms with van der Waals surface area (Å²) in [6, 6.07) is 67.4. The van der Waals surface area contributed by atoms with E-state index in [1.165, 1.54) is 60.7 Å². The Morgan fingerprint density at radius 1 is 0.379 bits per heavy atom. The largest absolute Gasteiger partial charge is 0.452 e. The number of hydrogen-bond acceptors (Lipinski definition) is 19. The molecule has 0 aliphatic carbocycles. The van der Waals surface area contributed by atoms with Crippen molar-refractivity contribution in [3.05, 3.63) is 276 Å². The minimum Gasteiger partial charge on any atom is -0.452 e. The molecule has 2 aliphatic heterocycles. The number of ether oxygens (including phenoxy) is 11. The highest BCUT2D eigenvalue weighted by atomic mass is 35.6. The van der Waals surface area contributed by atoms with E-state index in [4.69, 9.17) is 91.3 Å². The topological polar surface area (TPSA) is 242 Å². The second kappa shape index (κ2) is 36.7. The Hall–Kier alpha value is -9.26. The SMILES string of the molecule is CC(C)(C)[Si](OC[C@H]1O[C@@H](OC[C@H]2O[C@@H](OCCCCCCNC(=O)OCC(Cl)(Cl)Cl)[C@H](OC(=O)c3ccccc3)[C@@H](OC(=O)c3ccccc3)[C@H]2OC(=O)c2ccccc2)[C@H](OC(=O)c2ccccc2)[C@@H](OC(=O)c2ccccc2)[C@H]1OC(=O)c1ccccc1)(c1ccccc1)c1ccccc1. The van der Waals surface area contributed by atoms with E-state index >= 15 is 0 Å². The number of alkyl carbamates (subject to hydrolysis) is 1. The number of carbonyl (C=O) groups is 7. The Morgan fingerprint density at radius 3 is 1.02 bits per heavy atom. The van der Waals surface area contributed by atoms with Crippen molar-refractivity contribution < 1.29 is 90.1 Å². The molecule has 10 rings (SSSR count). The molecule has 0 unspecified atom stereocenters. The van der Waals surface area contributed by atoms with Gasteiger partial charge in [0.15, 0.2) is 49.2 Å². The normalized spacial score (nSPS) is 20.4. The minimum absolute atomic E-state index is 0.0575. The number of nitrogens with one attached hydrogen (secondary N) is 1. The molecule has 1 N–H and O–H groups in total. The van der Waals surface area contributed by atoms with Crippen LogP contribution in [0.3, 0.4) is 0 Å². The van der Waals surface area contributed by atoms with Gasteiger partial charge in [-0.15, -0.1) is 0 Å². The number of carbonyl (C=O) groups excluding carboxylic acids is 7. The maximum Gasteiger partial charge on any atom is 0.407 e. The van der Waals surface area contributed by atoms with Crippen molar-refractivity contribution in [2.24, 2.45) is 0 Å². The molecule has 0 saturated carbocycles. The molecule has 10 atom stereocenters. The fraction of sp³-hybridized carbons (Fsp3) is 0.304.